The monoisotopic (exact) mass is 258 g/mol. The second-order valence-electron chi connectivity index (χ2n) is 4.23. The number of nitrogens with zero attached hydrogens (tertiary/aromatic N) is 2. The first-order chi connectivity index (χ1) is 8.74. The molecule has 2 N–H and O–H groups in total. The molecule has 3 rings (SSSR count). The molecule has 1 aromatic carbocycles. The van der Waals surface area contributed by atoms with Crippen LogP contribution < -0.4 is 5.32 Å². The first kappa shape index (κ1) is 11.2. The van der Waals surface area contributed by atoms with Crippen molar-refractivity contribution >= 4 is 27.9 Å². The molecule has 18 heavy (non-hydrogen) atoms. The van der Waals surface area contributed by atoms with Crippen molar-refractivity contribution in [1.29, 1.82) is 0 Å². The van der Waals surface area contributed by atoms with E-state index in [-0.39, 0.29) is 0 Å². The van der Waals surface area contributed by atoms with Gasteiger partial charge in [-0.1, -0.05) is 12.1 Å². The van der Waals surface area contributed by atoms with Gasteiger partial charge in [-0.05, 0) is 19.9 Å². The Labute approximate surface area is 109 Å². The third kappa shape index (κ3) is 1.97. The van der Waals surface area contributed by atoms with Crippen LogP contribution in [0.15, 0.2) is 24.4 Å². The first-order valence-electron chi connectivity index (χ1n) is 5.83. The van der Waals surface area contributed by atoms with E-state index in [9.17, 15) is 0 Å². The summed E-state index contributed by atoms with van der Waals surface area (Å²) < 4.78 is 0. The number of aromatic nitrogens is 3. The molecule has 2 aromatic heterocycles. The Morgan fingerprint density at radius 3 is 3.00 bits per heavy atom. The van der Waals surface area contributed by atoms with Gasteiger partial charge in [0, 0.05) is 10.3 Å². The molecule has 0 radical (unpaired) electrons. The van der Waals surface area contributed by atoms with Crippen molar-refractivity contribution in [2.24, 2.45) is 0 Å². The van der Waals surface area contributed by atoms with Gasteiger partial charge in [-0.15, -0.1) is 11.3 Å². The largest absolute Gasteiger partial charge is 0.378 e. The first-order valence-corrected chi connectivity index (χ1v) is 6.64. The second kappa shape index (κ2) is 4.42. The minimum absolute atomic E-state index is 0.801. The van der Waals surface area contributed by atoms with Crippen molar-refractivity contribution in [3.63, 3.8) is 0 Å². The zero-order valence-corrected chi connectivity index (χ0v) is 11.1. The fraction of sp³-hybridized carbons (Fsp3) is 0.231. The molecule has 5 heteroatoms. The predicted molar refractivity (Wildman–Crippen MR) is 75.0 cm³/mol. The SMILES string of the molecule is Cc1nc(C)c(CNc2cccc3cn[nH]c23)s1. The lowest BCUT2D eigenvalue weighted by atomic mass is 10.2. The molecule has 0 amide bonds. The molecule has 0 unspecified atom stereocenters. The van der Waals surface area contributed by atoms with Gasteiger partial charge in [-0.3, -0.25) is 5.10 Å². The van der Waals surface area contributed by atoms with E-state index >= 15 is 0 Å². The number of para-hydroxylation sites is 1. The predicted octanol–water partition coefficient (Wildman–Crippen LogP) is 3.25. The van der Waals surface area contributed by atoms with Gasteiger partial charge in [0.15, 0.2) is 0 Å². The number of fused-ring (bicyclic) bond motifs is 1. The zero-order valence-electron chi connectivity index (χ0n) is 10.3. The molecule has 0 saturated carbocycles. The van der Waals surface area contributed by atoms with E-state index in [2.05, 4.69) is 33.5 Å². The van der Waals surface area contributed by atoms with Crippen LogP contribution in [-0.2, 0) is 6.54 Å². The van der Waals surface area contributed by atoms with Crippen LogP contribution in [0.25, 0.3) is 10.9 Å². The van der Waals surface area contributed by atoms with Crippen molar-refractivity contribution in [3.8, 4) is 0 Å². The maximum atomic E-state index is 4.43. The Balaban J connectivity index is 1.85. The summed E-state index contributed by atoms with van der Waals surface area (Å²) in [7, 11) is 0. The molecule has 0 aliphatic heterocycles. The summed E-state index contributed by atoms with van der Waals surface area (Å²) in [5, 5.41) is 12.8. The van der Waals surface area contributed by atoms with Crippen molar-refractivity contribution in [3.05, 3.63) is 40.0 Å². The van der Waals surface area contributed by atoms with Gasteiger partial charge in [0.2, 0.25) is 0 Å². The number of hydrogen-bond donors (Lipinski definition) is 2. The number of anilines is 1. The normalized spacial score (nSPS) is 11.0. The van der Waals surface area contributed by atoms with Gasteiger partial charge < -0.3 is 5.32 Å². The number of aromatic amines is 1. The standard InChI is InChI=1S/C13H14N4S/c1-8-12(18-9(2)16-8)7-14-11-5-3-4-10-6-15-17-13(10)11/h3-6,14H,7H2,1-2H3,(H,15,17). The minimum atomic E-state index is 0.801. The molecule has 0 spiro atoms. The average Bonchev–Trinajstić information content (AvgIpc) is 2.93. The molecular weight excluding hydrogens is 244 g/mol. The summed E-state index contributed by atoms with van der Waals surface area (Å²) in [4.78, 5) is 5.72. The number of aryl methyl sites for hydroxylation is 2. The van der Waals surface area contributed by atoms with Crippen LogP contribution in [0.1, 0.15) is 15.6 Å². The molecule has 3 aromatic rings. The van der Waals surface area contributed by atoms with Crippen LogP contribution in [0.3, 0.4) is 0 Å². The topological polar surface area (TPSA) is 53.6 Å². The number of hydrogen-bond acceptors (Lipinski definition) is 4. The van der Waals surface area contributed by atoms with Gasteiger partial charge in [0.1, 0.15) is 0 Å². The smallest absolute Gasteiger partial charge is 0.0900 e. The quantitative estimate of drug-likeness (QED) is 0.758. The van der Waals surface area contributed by atoms with E-state index in [0.29, 0.717) is 0 Å². The zero-order chi connectivity index (χ0) is 12.5. The maximum absolute atomic E-state index is 4.43. The number of benzene rings is 1. The molecule has 0 aliphatic rings. The van der Waals surface area contributed by atoms with E-state index in [1.807, 2.05) is 25.3 Å². The summed E-state index contributed by atoms with van der Waals surface area (Å²) in [6.45, 7) is 4.89. The van der Waals surface area contributed by atoms with Crippen LogP contribution in [-0.4, -0.2) is 15.2 Å². The number of rotatable bonds is 3. The Morgan fingerprint density at radius 2 is 2.22 bits per heavy atom. The Morgan fingerprint density at radius 1 is 1.33 bits per heavy atom. The third-order valence-electron chi connectivity index (χ3n) is 2.92. The van der Waals surface area contributed by atoms with Crippen LogP contribution >= 0.6 is 11.3 Å². The Hall–Kier alpha value is -1.88. The molecule has 4 nitrogen and oxygen atoms in total. The van der Waals surface area contributed by atoms with E-state index in [1.165, 1.54) is 4.88 Å². The molecule has 0 aliphatic carbocycles. The third-order valence-corrected chi connectivity index (χ3v) is 3.99. The lowest BCUT2D eigenvalue weighted by molar-refractivity contribution is 1.10. The van der Waals surface area contributed by atoms with Gasteiger partial charge in [0.25, 0.3) is 0 Å². The fourth-order valence-corrected chi connectivity index (χ4v) is 2.91. The Kier molecular flexibility index (Phi) is 2.76. The maximum Gasteiger partial charge on any atom is 0.0900 e. The highest BCUT2D eigenvalue weighted by Gasteiger charge is 2.06. The van der Waals surface area contributed by atoms with Crippen LogP contribution in [0.4, 0.5) is 5.69 Å². The van der Waals surface area contributed by atoms with Gasteiger partial charge in [-0.25, -0.2) is 4.98 Å². The highest BCUT2D eigenvalue weighted by molar-refractivity contribution is 7.11. The van der Waals surface area contributed by atoms with Gasteiger partial charge in [0.05, 0.1) is 34.6 Å². The van der Waals surface area contributed by atoms with Crippen molar-refractivity contribution in [2.75, 3.05) is 5.32 Å². The molecule has 0 bridgehead atoms. The van der Waals surface area contributed by atoms with Crippen LogP contribution in [0.5, 0.6) is 0 Å². The van der Waals surface area contributed by atoms with Crippen LogP contribution in [0, 0.1) is 13.8 Å². The number of thiazole rings is 1. The van der Waals surface area contributed by atoms with E-state index < -0.39 is 0 Å². The molecule has 0 atom stereocenters. The lowest BCUT2D eigenvalue weighted by Gasteiger charge is -2.06. The summed E-state index contributed by atoms with van der Waals surface area (Å²) >= 11 is 1.74. The van der Waals surface area contributed by atoms with Gasteiger partial charge >= 0.3 is 0 Å². The van der Waals surface area contributed by atoms with Crippen molar-refractivity contribution in [2.45, 2.75) is 20.4 Å². The molecular formula is C13H14N4S. The van der Waals surface area contributed by atoms with Crippen molar-refractivity contribution < 1.29 is 0 Å². The summed E-state index contributed by atoms with van der Waals surface area (Å²) in [5.41, 5.74) is 3.24. The highest BCUT2D eigenvalue weighted by Crippen LogP contribution is 2.23. The molecule has 2 heterocycles. The van der Waals surface area contributed by atoms with E-state index in [4.69, 9.17) is 0 Å². The molecule has 92 valence electrons. The van der Waals surface area contributed by atoms with E-state index in [0.717, 1.165) is 33.8 Å². The van der Waals surface area contributed by atoms with Crippen LogP contribution in [0.2, 0.25) is 0 Å². The Bertz CT molecular complexity index is 683. The number of H-pyrrole nitrogens is 1. The second-order valence-corrected chi connectivity index (χ2v) is 5.52. The average molecular weight is 258 g/mol. The molecule has 0 fully saturated rings. The lowest BCUT2D eigenvalue weighted by Crippen LogP contribution is -1.99. The minimum Gasteiger partial charge on any atom is -0.378 e. The summed E-state index contributed by atoms with van der Waals surface area (Å²) in [6.07, 6.45) is 1.84. The highest BCUT2D eigenvalue weighted by atomic mass is 32.1. The molecule has 0 saturated heterocycles. The van der Waals surface area contributed by atoms with Gasteiger partial charge in [-0.2, -0.15) is 5.10 Å². The fourth-order valence-electron chi connectivity index (χ4n) is 2.03. The summed E-state index contributed by atoms with van der Waals surface area (Å²) in [6, 6.07) is 6.14. The van der Waals surface area contributed by atoms with Crippen molar-refractivity contribution in [1.82, 2.24) is 15.2 Å². The number of nitrogens with one attached hydrogen (secondary N) is 2. The van der Waals surface area contributed by atoms with E-state index in [1.54, 1.807) is 11.3 Å². The summed E-state index contributed by atoms with van der Waals surface area (Å²) in [5.74, 6) is 0.